The monoisotopic (exact) mass is 184 g/mol. The van der Waals surface area contributed by atoms with Gasteiger partial charge in [-0.05, 0) is 18.8 Å². The maximum Gasteiger partial charge on any atom is 0.316 e. The van der Waals surface area contributed by atoms with Gasteiger partial charge in [0.25, 0.3) is 0 Å². The summed E-state index contributed by atoms with van der Waals surface area (Å²) in [5.74, 6) is -0.273. The highest BCUT2D eigenvalue weighted by molar-refractivity contribution is 5.99. The molecule has 1 aliphatic rings. The summed E-state index contributed by atoms with van der Waals surface area (Å²) >= 11 is 0. The van der Waals surface area contributed by atoms with Crippen molar-refractivity contribution in [3.63, 3.8) is 0 Å². The number of Topliss-reactive ketones (excluding diaryl/α,β-unsaturated/α-hetero) is 1. The van der Waals surface area contributed by atoms with Crippen LogP contribution >= 0.6 is 0 Å². The first kappa shape index (κ1) is 10.2. The quantitative estimate of drug-likeness (QED) is 0.483. The van der Waals surface area contributed by atoms with Crippen LogP contribution in [-0.4, -0.2) is 18.9 Å². The molecule has 1 fully saturated rings. The van der Waals surface area contributed by atoms with Gasteiger partial charge in [-0.25, -0.2) is 0 Å². The highest BCUT2D eigenvalue weighted by Crippen LogP contribution is 2.29. The lowest BCUT2D eigenvalue weighted by molar-refractivity contribution is -0.151. The van der Waals surface area contributed by atoms with E-state index in [0.717, 1.165) is 12.8 Å². The normalized spacial score (nSPS) is 28.6. The second-order valence-electron chi connectivity index (χ2n) is 3.59. The molecule has 0 saturated heterocycles. The number of esters is 1. The van der Waals surface area contributed by atoms with Crippen LogP contribution in [0.3, 0.4) is 0 Å². The maximum absolute atomic E-state index is 11.4. The first-order valence-corrected chi connectivity index (χ1v) is 4.79. The molecule has 0 N–H and O–H groups in total. The van der Waals surface area contributed by atoms with Crippen LogP contribution in [0.2, 0.25) is 0 Å². The second-order valence-corrected chi connectivity index (χ2v) is 3.59. The van der Waals surface area contributed by atoms with E-state index in [1.54, 1.807) is 0 Å². The molecule has 2 atom stereocenters. The Hall–Kier alpha value is -0.860. The molecular formula is C10H16O3. The molecule has 0 aromatic carbocycles. The summed E-state index contributed by atoms with van der Waals surface area (Å²) in [6.45, 7) is 2.09. The fourth-order valence-electron chi connectivity index (χ4n) is 1.84. The molecule has 0 spiro atoms. The maximum atomic E-state index is 11.4. The van der Waals surface area contributed by atoms with Crippen LogP contribution in [0.25, 0.3) is 0 Å². The van der Waals surface area contributed by atoms with Crippen LogP contribution in [0, 0.1) is 11.8 Å². The number of hydrogen-bond donors (Lipinski definition) is 0. The molecule has 2 unspecified atom stereocenters. The number of carbonyl (C=O) groups is 2. The van der Waals surface area contributed by atoms with Gasteiger partial charge in [0, 0.05) is 6.42 Å². The number of hydrogen-bond acceptors (Lipinski definition) is 3. The molecule has 1 aliphatic carbocycles. The summed E-state index contributed by atoms with van der Waals surface area (Å²) in [6, 6.07) is 0. The van der Waals surface area contributed by atoms with Gasteiger partial charge in [0.05, 0.1) is 7.11 Å². The van der Waals surface area contributed by atoms with Crippen molar-refractivity contribution in [3.8, 4) is 0 Å². The molecule has 0 radical (unpaired) electrons. The van der Waals surface area contributed by atoms with Crippen LogP contribution in [0.15, 0.2) is 0 Å². The molecule has 1 saturated carbocycles. The third-order valence-electron chi connectivity index (χ3n) is 2.82. The number of ketones is 1. The van der Waals surface area contributed by atoms with E-state index in [9.17, 15) is 9.59 Å². The van der Waals surface area contributed by atoms with Crippen molar-refractivity contribution < 1.29 is 14.3 Å². The fourth-order valence-corrected chi connectivity index (χ4v) is 1.84. The van der Waals surface area contributed by atoms with Gasteiger partial charge in [-0.2, -0.15) is 0 Å². The summed E-state index contributed by atoms with van der Waals surface area (Å²) in [6.07, 6.45) is 3.20. The topological polar surface area (TPSA) is 43.4 Å². The predicted octanol–water partition coefficient (Wildman–Crippen LogP) is 1.55. The van der Waals surface area contributed by atoms with Crippen molar-refractivity contribution in [2.45, 2.75) is 32.6 Å². The Bertz CT molecular complexity index is 202. The molecule has 3 heteroatoms. The average Bonchev–Trinajstić information content (AvgIpc) is 2.17. The zero-order valence-corrected chi connectivity index (χ0v) is 8.21. The van der Waals surface area contributed by atoms with Crippen LogP contribution in [0.1, 0.15) is 32.6 Å². The van der Waals surface area contributed by atoms with Gasteiger partial charge in [0.2, 0.25) is 0 Å². The largest absolute Gasteiger partial charge is 0.468 e. The number of carbonyl (C=O) groups excluding carboxylic acids is 2. The highest BCUT2D eigenvalue weighted by Gasteiger charge is 2.33. The lowest BCUT2D eigenvalue weighted by Gasteiger charge is -2.25. The molecule has 3 nitrogen and oxygen atoms in total. The molecule has 1 rings (SSSR count). The summed E-state index contributed by atoms with van der Waals surface area (Å²) in [7, 11) is 1.34. The Kier molecular flexibility index (Phi) is 3.46. The van der Waals surface area contributed by atoms with E-state index in [0.29, 0.717) is 18.8 Å². The van der Waals surface area contributed by atoms with Crippen molar-refractivity contribution >= 4 is 11.8 Å². The van der Waals surface area contributed by atoms with E-state index < -0.39 is 5.92 Å². The van der Waals surface area contributed by atoms with E-state index in [-0.39, 0.29) is 11.8 Å². The molecule has 0 bridgehead atoms. The third-order valence-corrected chi connectivity index (χ3v) is 2.82. The molecular weight excluding hydrogens is 168 g/mol. The van der Waals surface area contributed by atoms with E-state index in [1.807, 2.05) is 0 Å². The van der Waals surface area contributed by atoms with Crippen LogP contribution in [0.4, 0.5) is 0 Å². The molecule has 0 aromatic rings. The summed E-state index contributed by atoms with van der Waals surface area (Å²) < 4.78 is 4.59. The van der Waals surface area contributed by atoms with E-state index in [1.165, 1.54) is 7.11 Å². The first-order valence-electron chi connectivity index (χ1n) is 4.79. The van der Waals surface area contributed by atoms with Gasteiger partial charge in [-0.15, -0.1) is 0 Å². The smallest absolute Gasteiger partial charge is 0.316 e. The van der Waals surface area contributed by atoms with Gasteiger partial charge in [0.15, 0.2) is 0 Å². The van der Waals surface area contributed by atoms with Crippen molar-refractivity contribution in [3.05, 3.63) is 0 Å². The Morgan fingerprint density at radius 2 is 2.31 bits per heavy atom. The van der Waals surface area contributed by atoms with Crippen molar-refractivity contribution in [2.24, 2.45) is 11.8 Å². The standard InChI is InChI=1S/C10H16O3/c1-3-7-4-5-9(11)8(6-7)10(12)13-2/h7-8H,3-6H2,1-2H3. The molecule has 0 aromatic heterocycles. The minimum atomic E-state index is -0.483. The van der Waals surface area contributed by atoms with Gasteiger partial charge in [0.1, 0.15) is 11.7 Å². The first-order chi connectivity index (χ1) is 6.19. The van der Waals surface area contributed by atoms with Gasteiger partial charge in [-0.3, -0.25) is 9.59 Å². The van der Waals surface area contributed by atoms with Gasteiger partial charge >= 0.3 is 5.97 Å². The van der Waals surface area contributed by atoms with E-state index in [4.69, 9.17) is 0 Å². The third kappa shape index (κ3) is 2.29. The Morgan fingerprint density at radius 1 is 1.62 bits per heavy atom. The average molecular weight is 184 g/mol. The van der Waals surface area contributed by atoms with Crippen LogP contribution in [-0.2, 0) is 14.3 Å². The van der Waals surface area contributed by atoms with E-state index in [2.05, 4.69) is 11.7 Å². The summed E-state index contributed by atoms with van der Waals surface area (Å²) in [5.41, 5.74) is 0. The second kappa shape index (κ2) is 4.40. The van der Waals surface area contributed by atoms with Gasteiger partial charge < -0.3 is 4.74 Å². The zero-order chi connectivity index (χ0) is 9.84. The zero-order valence-electron chi connectivity index (χ0n) is 8.21. The lowest BCUT2D eigenvalue weighted by atomic mass is 9.79. The lowest BCUT2D eigenvalue weighted by Crippen LogP contribution is -2.31. The molecule has 0 heterocycles. The van der Waals surface area contributed by atoms with Gasteiger partial charge in [-0.1, -0.05) is 13.3 Å². The number of methoxy groups -OCH3 is 1. The van der Waals surface area contributed by atoms with E-state index >= 15 is 0 Å². The minimum Gasteiger partial charge on any atom is -0.468 e. The Labute approximate surface area is 78.5 Å². The van der Waals surface area contributed by atoms with Crippen LogP contribution in [0.5, 0.6) is 0 Å². The SMILES string of the molecule is CCC1CCC(=O)C(C(=O)OC)C1. The molecule has 0 amide bonds. The fraction of sp³-hybridized carbons (Fsp3) is 0.800. The van der Waals surface area contributed by atoms with Crippen LogP contribution < -0.4 is 0 Å². The highest BCUT2D eigenvalue weighted by atomic mass is 16.5. The van der Waals surface area contributed by atoms with Crippen molar-refractivity contribution in [2.75, 3.05) is 7.11 Å². The predicted molar refractivity (Wildman–Crippen MR) is 48.1 cm³/mol. The minimum absolute atomic E-state index is 0.0524. The number of rotatable bonds is 2. The number of ether oxygens (including phenoxy) is 1. The summed E-state index contributed by atoms with van der Waals surface area (Å²) in [4.78, 5) is 22.6. The summed E-state index contributed by atoms with van der Waals surface area (Å²) in [5, 5.41) is 0. The Morgan fingerprint density at radius 3 is 2.85 bits per heavy atom. The molecule has 13 heavy (non-hydrogen) atoms. The Balaban J connectivity index is 2.59. The molecule has 0 aliphatic heterocycles. The van der Waals surface area contributed by atoms with Crippen molar-refractivity contribution in [1.82, 2.24) is 0 Å². The van der Waals surface area contributed by atoms with Crippen molar-refractivity contribution in [1.29, 1.82) is 0 Å². The molecule has 74 valence electrons.